The van der Waals surface area contributed by atoms with Crippen LogP contribution in [0.1, 0.15) is 36.2 Å². The smallest absolute Gasteiger partial charge is 0.273 e. The Bertz CT molecular complexity index is 341. The van der Waals surface area contributed by atoms with Gasteiger partial charge in [-0.3, -0.25) is 4.79 Å². The molecular weight excluding hydrogens is 272 g/mol. The van der Waals surface area contributed by atoms with Crippen LogP contribution in [0, 0.1) is 5.92 Å². The van der Waals surface area contributed by atoms with Crippen molar-refractivity contribution < 1.29 is 4.79 Å². The number of nitrogens with one attached hydrogen (secondary N) is 2. The zero-order chi connectivity index (χ0) is 11.4. The van der Waals surface area contributed by atoms with Crippen molar-refractivity contribution in [2.24, 2.45) is 5.92 Å². The number of rotatable bonds is 3. The van der Waals surface area contributed by atoms with Gasteiger partial charge in [0.25, 0.3) is 5.91 Å². The Balaban J connectivity index is 1.95. The molecule has 1 aromatic heterocycles. The van der Waals surface area contributed by atoms with Crippen LogP contribution in [0.4, 0.5) is 0 Å². The molecule has 88 valence electrons. The fourth-order valence-electron chi connectivity index (χ4n) is 2.14. The molecule has 2 N–H and O–H groups in total. The number of nitrogens with zero attached hydrogens (tertiary/aromatic N) is 2. The Labute approximate surface area is 103 Å². The zero-order valence-electron chi connectivity index (χ0n) is 8.95. The van der Waals surface area contributed by atoms with Gasteiger partial charge in [0.2, 0.25) is 0 Å². The number of amides is 1. The van der Waals surface area contributed by atoms with Crippen molar-refractivity contribution in [3.05, 3.63) is 11.9 Å². The monoisotopic (exact) mass is 286 g/mol. The fourth-order valence-corrected chi connectivity index (χ4v) is 2.91. The highest BCUT2D eigenvalue weighted by Crippen LogP contribution is 2.25. The lowest BCUT2D eigenvalue weighted by Gasteiger charge is -2.30. The van der Waals surface area contributed by atoms with Gasteiger partial charge >= 0.3 is 0 Å². The molecule has 0 radical (unpaired) electrons. The van der Waals surface area contributed by atoms with Gasteiger partial charge in [-0.25, -0.2) is 0 Å². The van der Waals surface area contributed by atoms with Crippen molar-refractivity contribution in [1.29, 1.82) is 0 Å². The predicted octanol–water partition coefficient (Wildman–Crippen LogP) is 1.49. The number of hydrogen-bond donors (Lipinski definition) is 2. The van der Waals surface area contributed by atoms with Crippen LogP contribution in [0.3, 0.4) is 0 Å². The summed E-state index contributed by atoms with van der Waals surface area (Å²) >= 11 is 3.50. The second-order valence-corrected chi connectivity index (χ2v) is 4.78. The van der Waals surface area contributed by atoms with E-state index in [4.69, 9.17) is 0 Å². The normalized spacial score (nSPS) is 25.3. The number of carbonyl (C=O) groups is 1. The van der Waals surface area contributed by atoms with Crippen LogP contribution in [-0.4, -0.2) is 32.7 Å². The van der Waals surface area contributed by atoms with Crippen molar-refractivity contribution in [3.63, 3.8) is 0 Å². The average molecular weight is 287 g/mol. The molecule has 0 bridgehead atoms. The summed E-state index contributed by atoms with van der Waals surface area (Å²) in [5.41, 5.74) is 0.360. The van der Waals surface area contributed by atoms with Gasteiger partial charge in [-0.15, -0.1) is 0 Å². The maximum atomic E-state index is 11.8. The summed E-state index contributed by atoms with van der Waals surface area (Å²) in [6, 6.07) is 0.261. The molecule has 0 saturated heterocycles. The summed E-state index contributed by atoms with van der Waals surface area (Å²) in [4.78, 5) is 11.8. The maximum absolute atomic E-state index is 11.8. The van der Waals surface area contributed by atoms with Gasteiger partial charge in [-0.1, -0.05) is 28.8 Å². The third-order valence-corrected chi connectivity index (χ3v) is 3.90. The SMILES string of the molecule is O=C(NC1CCCCC1CBr)c1cn[nH]n1. The van der Waals surface area contributed by atoms with E-state index in [-0.39, 0.29) is 11.9 Å². The van der Waals surface area contributed by atoms with Crippen molar-refractivity contribution >= 4 is 21.8 Å². The second kappa shape index (κ2) is 5.43. The Morgan fingerprint density at radius 3 is 3.06 bits per heavy atom. The van der Waals surface area contributed by atoms with Gasteiger partial charge in [-0.2, -0.15) is 15.4 Å². The van der Waals surface area contributed by atoms with Crippen molar-refractivity contribution in [1.82, 2.24) is 20.7 Å². The Morgan fingerprint density at radius 1 is 1.56 bits per heavy atom. The van der Waals surface area contributed by atoms with Crippen molar-refractivity contribution in [2.45, 2.75) is 31.7 Å². The lowest BCUT2D eigenvalue weighted by Crippen LogP contribution is -2.42. The van der Waals surface area contributed by atoms with Gasteiger partial charge in [0.05, 0.1) is 6.20 Å². The standard InChI is InChI=1S/C10H15BrN4O/c11-5-7-3-1-2-4-8(7)13-10(16)9-6-12-15-14-9/h6-8H,1-5H2,(H,13,16)(H,12,14,15). The van der Waals surface area contributed by atoms with Crippen LogP contribution in [0.25, 0.3) is 0 Å². The molecule has 1 fully saturated rings. The van der Waals surface area contributed by atoms with E-state index >= 15 is 0 Å². The van der Waals surface area contributed by atoms with Gasteiger partial charge in [0, 0.05) is 11.4 Å². The molecule has 1 aliphatic rings. The Morgan fingerprint density at radius 2 is 2.38 bits per heavy atom. The molecule has 0 spiro atoms. The molecule has 1 amide bonds. The van der Waals surface area contributed by atoms with Crippen LogP contribution in [0.2, 0.25) is 0 Å². The van der Waals surface area contributed by atoms with Gasteiger partial charge < -0.3 is 5.32 Å². The highest BCUT2D eigenvalue weighted by atomic mass is 79.9. The number of aromatic amines is 1. The van der Waals surface area contributed by atoms with E-state index in [2.05, 4.69) is 36.7 Å². The van der Waals surface area contributed by atoms with Crippen molar-refractivity contribution in [2.75, 3.05) is 5.33 Å². The van der Waals surface area contributed by atoms with Crippen molar-refractivity contribution in [3.8, 4) is 0 Å². The van der Waals surface area contributed by atoms with E-state index in [1.807, 2.05) is 0 Å². The van der Waals surface area contributed by atoms with Gasteiger partial charge in [0.15, 0.2) is 5.69 Å². The molecule has 0 aromatic carbocycles. The first kappa shape index (κ1) is 11.6. The summed E-state index contributed by atoms with van der Waals surface area (Å²) in [7, 11) is 0. The zero-order valence-corrected chi connectivity index (χ0v) is 10.5. The topological polar surface area (TPSA) is 70.7 Å². The highest BCUT2D eigenvalue weighted by molar-refractivity contribution is 9.09. The molecule has 2 rings (SSSR count). The summed E-state index contributed by atoms with van der Waals surface area (Å²) in [6.07, 6.45) is 6.12. The van der Waals surface area contributed by atoms with E-state index in [1.165, 1.54) is 25.5 Å². The van der Waals surface area contributed by atoms with E-state index < -0.39 is 0 Å². The van der Waals surface area contributed by atoms with E-state index in [0.29, 0.717) is 11.6 Å². The lowest BCUT2D eigenvalue weighted by atomic mass is 9.86. The number of alkyl halides is 1. The van der Waals surface area contributed by atoms with E-state index in [0.717, 1.165) is 11.8 Å². The number of aromatic nitrogens is 3. The Hall–Kier alpha value is -0.910. The summed E-state index contributed by atoms with van der Waals surface area (Å²) in [5, 5.41) is 13.8. The van der Waals surface area contributed by atoms with Crippen LogP contribution < -0.4 is 5.32 Å². The van der Waals surface area contributed by atoms with E-state index in [1.54, 1.807) is 0 Å². The lowest BCUT2D eigenvalue weighted by molar-refractivity contribution is 0.0906. The molecule has 1 saturated carbocycles. The molecule has 0 aliphatic heterocycles. The second-order valence-electron chi connectivity index (χ2n) is 4.13. The number of carbonyl (C=O) groups excluding carboxylic acids is 1. The number of hydrogen-bond acceptors (Lipinski definition) is 3. The minimum absolute atomic E-state index is 0.133. The molecule has 2 atom stereocenters. The quantitative estimate of drug-likeness (QED) is 0.827. The molecule has 1 heterocycles. The van der Waals surface area contributed by atoms with E-state index in [9.17, 15) is 4.79 Å². The fraction of sp³-hybridized carbons (Fsp3) is 0.700. The summed E-state index contributed by atoms with van der Waals surface area (Å²) in [5.74, 6) is 0.399. The third kappa shape index (κ3) is 2.61. The molecule has 6 heteroatoms. The van der Waals surface area contributed by atoms with Gasteiger partial charge in [-0.05, 0) is 18.8 Å². The molecular formula is C10H15BrN4O. The van der Waals surface area contributed by atoms with Crippen LogP contribution >= 0.6 is 15.9 Å². The minimum Gasteiger partial charge on any atom is -0.348 e. The first-order chi connectivity index (χ1) is 7.81. The highest BCUT2D eigenvalue weighted by Gasteiger charge is 2.26. The molecule has 2 unspecified atom stereocenters. The average Bonchev–Trinajstić information content (AvgIpc) is 2.83. The Kier molecular flexibility index (Phi) is 3.93. The summed E-state index contributed by atoms with van der Waals surface area (Å²) in [6.45, 7) is 0. The minimum atomic E-state index is -0.133. The number of halogens is 1. The molecule has 1 aromatic rings. The number of H-pyrrole nitrogens is 1. The predicted molar refractivity (Wildman–Crippen MR) is 63.4 cm³/mol. The maximum Gasteiger partial charge on any atom is 0.273 e. The van der Waals surface area contributed by atoms with Gasteiger partial charge in [0.1, 0.15) is 0 Å². The van der Waals surface area contributed by atoms with Crippen LogP contribution in [-0.2, 0) is 0 Å². The molecule has 1 aliphatic carbocycles. The largest absolute Gasteiger partial charge is 0.348 e. The van der Waals surface area contributed by atoms with Crippen LogP contribution in [0.5, 0.6) is 0 Å². The first-order valence-electron chi connectivity index (χ1n) is 5.54. The van der Waals surface area contributed by atoms with Crippen LogP contribution in [0.15, 0.2) is 6.20 Å². The first-order valence-corrected chi connectivity index (χ1v) is 6.66. The third-order valence-electron chi connectivity index (χ3n) is 3.07. The summed E-state index contributed by atoms with van der Waals surface area (Å²) < 4.78 is 0. The molecule has 16 heavy (non-hydrogen) atoms. The molecule has 5 nitrogen and oxygen atoms in total.